The molecule has 4 rings (SSSR count). The number of aromatic nitrogens is 2. The van der Waals surface area contributed by atoms with E-state index in [1.807, 2.05) is 18.0 Å². The SMILES string of the molecule is Cc1nc([C@]2(C)CCCN(C(=O)c3cccc(F)c3)C2)c2sccn12. The summed E-state index contributed by atoms with van der Waals surface area (Å²) in [5.74, 6) is 0.487. The van der Waals surface area contributed by atoms with Crippen LogP contribution in [0.5, 0.6) is 0 Å². The third kappa shape index (κ3) is 2.74. The minimum absolute atomic E-state index is 0.108. The van der Waals surface area contributed by atoms with Crippen molar-refractivity contribution in [1.29, 1.82) is 0 Å². The van der Waals surface area contributed by atoms with Crippen molar-refractivity contribution in [3.05, 3.63) is 58.7 Å². The monoisotopic (exact) mass is 357 g/mol. The van der Waals surface area contributed by atoms with Crippen LogP contribution in [0.4, 0.5) is 4.39 Å². The molecule has 1 saturated heterocycles. The van der Waals surface area contributed by atoms with Gasteiger partial charge in [0.15, 0.2) is 0 Å². The van der Waals surface area contributed by atoms with E-state index in [4.69, 9.17) is 4.98 Å². The molecule has 0 radical (unpaired) electrons. The molecule has 0 N–H and O–H groups in total. The first-order valence-electron chi connectivity index (χ1n) is 8.45. The second-order valence-corrected chi connectivity index (χ2v) is 7.88. The number of benzene rings is 1. The van der Waals surface area contributed by atoms with Gasteiger partial charge in [-0.05, 0) is 38.0 Å². The topological polar surface area (TPSA) is 37.6 Å². The molecule has 2 aromatic heterocycles. The molecule has 0 saturated carbocycles. The lowest BCUT2D eigenvalue weighted by molar-refractivity contribution is 0.0649. The van der Waals surface area contributed by atoms with Crippen LogP contribution >= 0.6 is 11.3 Å². The summed E-state index contributed by atoms with van der Waals surface area (Å²) in [6.07, 6.45) is 3.94. The predicted molar refractivity (Wildman–Crippen MR) is 96.7 cm³/mol. The molecule has 4 nitrogen and oxygen atoms in total. The van der Waals surface area contributed by atoms with E-state index in [0.717, 1.165) is 29.2 Å². The third-order valence-corrected chi connectivity index (χ3v) is 5.93. The van der Waals surface area contributed by atoms with Crippen LogP contribution in [0.2, 0.25) is 0 Å². The van der Waals surface area contributed by atoms with Crippen LogP contribution in [-0.2, 0) is 5.41 Å². The standard InChI is InChI=1S/C19H20FN3OS/c1-13-21-16(18-23(13)9-10-25-18)19(2)7-4-8-22(12-19)17(24)14-5-3-6-15(20)11-14/h3,5-6,9-11H,4,7-8,12H2,1-2H3/t19-/m1/s1. The van der Waals surface area contributed by atoms with E-state index in [2.05, 4.69) is 16.7 Å². The number of rotatable bonds is 2. The lowest BCUT2D eigenvalue weighted by Crippen LogP contribution is -2.47. The van der Waals surface area contributed by atoms with Crippen LogP contribution in [-0.4, -0.2) is 33.3 Å². The first-order chi connectivity index (χ1) is 12.0. The number of piperidine rings is 1. The van der Waals surface area contributed by atoms with Crippen LogP contribution in [0.3, 0.4) is 0 Å². The van der Waals surface area contributed by atoms with Gasteiger partial charge in [0.25, 0.3) is 5.91 Å². The Kier molecular flexibility index (Phi) is 3.87. The van der Waals surface area contributed by atoms with Crippen LogP contribution < -0.4 is 0 Å². The summed E-state index contributed by atoms with van der Waals surface area (Å²) in [6, 6.07) is 5.93. The Bertz CT molecular complexity index is 947. The minimum atomic E-state index is -0.379. The number of hydrogen-bond donors (Lipinski definition) is 0. The molecule has 130 valence electrons. The maximum absolute atomic E-state index is 13.5. The summed E-state index contributed by atoms with van der Waals surface area (Å²) in [5, 5.41) is 2.06. The van der Waals surface area contributed by atoms with E-state index in [-0.39, 0.29) is 17.1 Å². The largest absolute Gasteiger partial charge is 0.338 e. The summed E-state index contributed by atoms with van der Waals surface area (Å²) in [7, 11) is 0. The number of aryl methyl sites for hydroxylation is 1. The summed E-state index contributed by atoms with van der Waals surface area (Å²) >= 11 is 1.68. The Balaban J connectivity index is 1.66. The number of carbonyl (C=O) groups is 1. The van der Waals surface area contributed by atoms with E-state index in [1.165, 1.54) is 12.1 Å². The molecule has 1 aromatic carbocycles. The molecular weight excluding hydrogens is 337 g/mol. The number of likely N-dealkylation sites (tertiary alicyclic amines) is 1. The highest BCUT2D eigenvalue weighted by Gasteiger charge is 2.38. The Hall–Kier alpha value is -2.21. The Morgan fingerprint density at radius 1 is 1.40 bits per heavy atom. The molecule has 0 spiro atoms. The number of nitrogens with zero attached hydrogens (tertiary/aromatic N) is 3. The summed E-state index contributed by atoms with van der Waals surface area (Å²) in [4.78, 5) is 20.6. The molecule has 1 aliphatic rings. The van der Waals surface area contributed by atoms with Crippen molar-refractivity contribution in [3.8, 4) is 0 Å². The maximum Gasteiger partial charge on any atom is 0.253 e. The van der Waals surface area contributed by atoms with Crippen LogP contribution in [0.1, 0.15) is 41.6 Å². The molecule has 1 amide bonds. The zero-order valence-corrected chi connectivity index (χ0v) is 15.1. The van der Waals surface area contributed by atoms with Gasteiger partial charge in [0.1, 0.15) is 16.5 Å². The molecule has 3 aromatic rings. The first kappa shape index (κ1) is 16.3. The van der Waals surface area contributed by atoms with Gasteiger partial charge >= 0.3 is 0 Å². The predicted octanol–water partition coefficient (Wildman–Crippen LogP) is 4.04. The van der Waals surface area contributed by atoms with Gasteiger partial charge in [0.2, 0.25) is 0 Å². The minimum Gasteiger partial charge on any atom is -0.338 e. The third-order valence-electron chi connectivity index (χ3n) is 5.06. The highest BCUT2D eigenvalue weighted by atomic mass is 32.1. The van der Waals surface area contributed by atoms with Gasteiger partial charge in [-0.2, -0.15) is 0 Å². The Morgan fingerprint density at radius 2 is 2.24 bits per heavy atom. The zero-order valence-electron chi connectivity index (χ0n) is 14.3. The maximum atomic E-state index is 13.5. The van der Waals surface area contributed by atoms with E-state index in [1.54, 1.807) is 23.5 Å². The van der Waals surface area contributed by atoms with Crippen molar-refractivity contribution in [2.24, 2.45) is 0 Å². The number of carbonyl (C=O) groups excluding carboxylic acids is 1. The second-order valence-electron chi connectivity index (χ2n) is 6.99. The highest BCUT2D eigenvalue weighted by Crippen LogP contribution is 2.37. The number of fused-ring (bicyclic) bond motifs is 1. The molecule has 1 fully saturated rings. The van der Waals surface area contributed by atoms with Crippen molar-refractivity contribution in [2.45, 2.75) is 32.1 Å². The van der Waals surface area contributed by atoms with Crippen LogP contribution in [0.15, 0.2) is 35.8 Å². The summed E-state index contributed by atoms with van der Waals surface area (Å²) < 4.78 is 15.6. The van der Waals surface area contributed by atoms with E-state index in [9.17, 15) is 9.18 Å². The number of halogens is 1. The van der Waals surface area contributed by atoms with Gasteiger partial charge in [-0.3, -0.25) is 9.20 Å². The molecular formula is C19H20FN3OS. The van der Waals surface area contributed by atoms with Gasteiger partial charge in [-0.25, -0.2) is 9.37 Å². The first-order valence-corrected chi connectivity index (χ1v) is 9.33. The van der Waals surface area contributed by atoms with Gasteiger partial charge in [0, 0.05) is 35.6 Å². The van der Waals surface area contributed by atoms with Crippen molar-refractivity contribution >= 4 is 22.1 Å². The zero-order chi connectivity index (χ0) is 17.6. The van der Waals surface area contributed by atoms with E-state index >= 15 is 0 Å². The fourth-order valence-corrected chi connectivity index (χ4v) is 4.79. The van der Waals surface area contributed by atoms with Crippen molar-refractivity contribution < 1.29 is 9.18 Å². The average molecular weight is 357 g/mol. The number of amides is 1. The molecule has 6 heteroatoms. The lowest BCUT2D eigenvalue weighted by Gasteiger charge is -2.39. The van der Waals surface area contributed by atoms with Crippen molar-refractivity contribution in [1.82, 2.24) is 14.3 Å². The smallest absolute Gasteiger partial charge is 0.253 e. The average Bonchev–Trinajstić information content (AvgIpc) is 3.18. The van der Waals surface area contributed by atoms with Gasteiger partial charge in [0.05, 0.1) is 5.69 Å². The Labute approximate surface area is 149 Å². The fraction of sp³-hybridized carbons (Fsp3) is 0.368. The molecule has 1 atom stereocenters. The van der Waals surface area contributed by atoms with Crippen LogP contribution in [0.25, 0.3) is 4.83 Å². The summed E-state index contributed by atoms with van der Waals surface area (Å²) in [6.45, 7) is 5.49. The molecule has 0 bridgehead atoms. The second kappa shape index (κ2) is 5.95. The molecule has 3 heterocycles. The number of hydrogen-bond acceptors (Lipinski definition) is 3. The van der Waals surface area contributed by atoms with Gasteiger partial charge in [-0.1, -0.05) is 13.0 Å². The number of imidazole rings is 1. The number of thiazole rings is 1. The van der Waals surface area contributed by atoms with E-state index < -0.39 is 0 Å². The van der Waals surface area contributed by atoms with Crippen LogP contribution in [0, 0.1) is 12.7 Å². The summed E-state index contributed by atoms with van der Waals surface area (Å²) in [5.41, 5.74) is 1.29. The fourth-order valence-electron chi connectivity index (χ4n) is 3.77. The molecule has 0 aliphatic carbocycles. The normalized spacial score (nSPS) is 21.0. The molecule has 1 aliphatic heterocycles. The highest BCUT2D eigenvalue weighted by molar-refractivity contribution is 7.15. The molecule has 0 unspecified atom stereocenters. The Morgan fingerprint density at radius 3 is 3.04 bits per heavy atom. The lowest BCUT2D eigenvalue weighted by atomic mass is 9.79. The molecule has 25 heavy (non-hydrogen) atoms. The van der Waals surface area contributed by atoms with Gasteiger partial charge < -0.3 is 4.90 Å². The quantitative estimate of drug-likeness (QED) is 0.694. The van der Waals surface area contributed by atoms with Crippen molar-refractivity contribution in [2.75, 3.05) is 13.1 Å². The van der Waals surface area contributed by atoms with E-state index in [0.29, 0.717) is 18.7 Å². The van der Waals surface area contributed by atoms with Gasteiger partial charge in [-0.15, -0.1) is 11.3 Å². The van der Waals surface area contributed by atoms with Crippen molar-refractivity contribution in [3.63, 3.8) is 0 Å².